The van der Waals surface area contributed by atoms with Crippen LogP contribution in [0.2, 0.25) is 0 Å². The number of sulfone groups is 1. The quantitative estimate of drug-likeness (QED) is 0.785. The van der Waals surface area contributed by atoms with Gasteiger partial charge in [0.1, 0.15) is 5.82 Å². The maximum atomic E-state index is 13.7. The smallest absolute Gasteiger partial charge is 0.150 e. The molecule has 0 aromatic heterocycles. The molecule has 0 bridgehead atoms. The fraction of sp³-hybridized carbons (Fsp3) is 0.500. The lowest BCUT2D eigenvalue weighted by Gasteiger charge is -2.17. The van der Waals surface area contributed by atoms with E-state index in [1.807, 2.05) is 6.92 Å². The number of hydrogen-bond acceptors (Lipinski definition) is 2. The van der Waals surface area contributed by atoms with Gasteiger partial charge in [-0.25, -0.2) is 12.8 Å². The molecule has 0 aliphatic carbocycles. The van der Waals surface area contributed by atoms with Crippen LogP contribution in [0.1, 0.15) is 22.4 Å². The van der Waals surface area contributed by atoms with Gasteiger partial charge in [0, 0.05) is 10.4 Å². The fourth-order valence-electron chi connectivity index (χ4n) is 2.18. The molecule has 0 radical (unpaired) electrons. The Bertz CT molecular complexity index is 527. The minimum absolute atomic E-state index is 0.0312. The van der Waals surface area contributed by atoms with Gasteiger partial charge in [-0.3, -0.25) is 0 Å². The topological polar surface area (TPSA) is 34.1 Å². The summed E-state index contributed by atoms with van der Waals surface area (Å²) in [6, 6.07) is 4.92. The molecule has 1 fully saturated rings. The Balaban J connectivity index is 2.26. The summed E-state index contributed by atoms with van der Waals surface area (Å²) in [5, 5.41) is 0. The maximum Gasteiger partial charge on any atom is 0.150 e. The van der Waals surface area contributed by atoms with Crippen LogP contribution < -0.4 is 0 Å². The van der Waals surface area contributed by atoms with Crippen LogP contribution in [0.4, 0.5) is 4.39 Å². The molecule has 5 heteroatoms. The zero-order valence-electron chi connectivity index (χ0n) is 9.49. The van der Waals surface area contributed by atoms with Crippen molar-refractivity contribution in [1.82, 2.24) is 0 Å². The van der Waals surface area contributed by atoms with E-state index in [2.05, 4.69) is 15.9 Å². The number of benzene rings is 1. The highest BCUT2D eigenvalue weighted by Crippen LogP contribution is 2.39. The molecular formula is C12H14BrFO2S. The molecular weight excluding hydrogens is 307 g/mol. The third-order valence-corrected chi connectivity index (χ3v) is 6.16. The average Bonchev–Trinajstić information content (AvgIpc) is 2.61. The summed E-state index contributed by atoms with van der Waals surface area (Å²) in [5.41, 5.74) is 1.54. The molecule has 2 unspecified atom stereocenters. The first kappa shape index (κ1) is 13.0. The Morgan fingerprint density at radius 1 is 1.47 bits per heavy atom. The Kier molecular flexibility index (Phi) is 3.59. The second-order valence-electron chi connectivity index (χ2n) is 4.59. The predicted octanol–water partition coefficient (Wildman–Crippen LogP) is 3.00. The second kappa shape index (κ2) is 4.69. The van der Waals surface area contributed by atoms with Crippen molar-refractivity contribution in [3.8, 4) is 0 Å². The van der Waals surface area contributed by atoms with Crippen LogP contribution in [0, 0.1) is 18.7 Å². The van der Waals surface area contributed by atoms with Crippen molar-refractivity contribution in [3.05, 3.63) is 35.1 Å². The zero-order chi connectivity index (χ0) is 12.6. The van der Waals surface area contributed by atoms with Gasteiger partial charge in [0.25, 0.3) is 0 Å². The standard InChI is InChI=1S/C12H14BrFO2S/c1-8-2-3-11(14)10(6-8)12(13)9-4-5-17(15,16)7-9/h2-3,6,9,12H,4-5,7H2,1H3. The van der Waals surface area contributed by atoms with Crippen LogP contribution in [-0.4, -0.2) is 19.9 Å². The summed E-state index contributed by atoms with van der Waals surface area (Å²) in [7, 11) is -2.92. The summed E-state index contributed by atoms with van der Waals surface area (Å²) in [4.78, 5) is -0.223. The largest absolute Gasteiger partial charge is 0.229 e. The van der Waals surface area contributed by atoms with Crippen molar-refractivity contribution >= 4 is 25.8 Å². The Labute approximate surface area is 109 Å². The van der Waals surface area contributed by atoms with Crippen molar-refractivity contribution in [3.63, 3.8) is 0 Å². The molecule has 1 aliphatic heterocycles. The third-order valence-electron chi connectivity index (χ3n) is 3.13. The summed E-state index contributed by atoms with van der Waals surface area (Å²) < 4.78 is 36.5. The molecule has 0 N–H and O–H groups in total. The van der Waals surface area contributed by atoms with Gasteiger partial charge in [-0.05, 0) is 25.3 Å². The summed E-state index contributed by atoms with van der Waals surface area (Å²) in [5.74, 6) is 0.0572. The van der Waals surface area contributed by atoms with Gasteiger partial charge in [-0.1, -0.05) is 33.6 Å². The lowest BCUT2D eigenvalue weighted by molar-refractivity contribution is 0.546. The Hall–Kier alpha value is -0.420. The maximum absolute atomic E-state index is 13.7. The van der Waals surface area contributed by atoms with Gasteiger partial charge in [0.05, 0.1) is 11.5 Å². The Morgan fingerprint density at radius 3 is 2.76 bits per heavy atom. The monoisotopic (exact) mass is 320 g/mol. The van der Waals surface area contributed by atoms with Crippen LogP contribution in [0.15, 0.2) is 18.2 Å². The highest BCUT2D eigenvalue weighted by molar-refractivity contribution is 9.09. The lowest BCUT2D eigenvalue weighted by Crippen LogP contribution is -2.11. The summed E-state index contributed by atoms with van der Waals surface area (Å²) in [6.07, 6.45) is 0.603. The van der Waals surface area contributed by atoms with E-state index >= 15 is 0 Å². The minimum atomic E-state index is -2.92. The van der Waals surface area contributed by atoms with E-state index in [4.69, 9.17) is 0 Å². The van der Waals surface area contributed by atoms with Crippen LogP contribution in [0.5, 0.6) is 0 Å². The second-order valence-corrected chi connectivity index (χ2v) is 7.81. The van der Waals surface area contributed by atoms with Gasteiger partial charge >= 0.3 is 0 Å². The molecule has 94 valence electrons. The highest BCUT2D eigenvalue weighted by Gasteiger charge is 2.34. The molecule has 1 heterocycles. The lowest BCUT2D eigenvalue weighted by atomic mass is 9.97. The van der Waals surface area contributed by atoms with Gasteiger partial charge in [0.2, 0.25) is 0 Å². The molecule has 0 spiro atoms. The van der Waals surface area contributed by atoms with Crippen LogP contribution in [-0.2, 0) is 9.84 Å². The molecule has 2 atom stereocenters. The van der Waals surface area contributed by atoms with Crippen molar-refractivity contribution in [2.75, 3.05) is 11.5 Å². The number of halogens is 2. The van der Waals surface area contributed by atoms with Gasteiger partial charge < -0.3 is 0 Å². The fourth-order valence-corrected chi connectivity index (χ4v) is 5.07. The first-order chi connectivity index (χ1) is 7.89. The van der Waals surface area contributed by atoms with E-state index in [0.717, 1.165) is 5.56 Å². The van der Waals surface area contributed by atoms with Gasteiger partial charge in [0.15, 0.2) is 9.84 Å². The van der Waals surface area contributed by atoms with E-state index in [1.165, 1.54) is 6.07 Å². The molecule has 1 aliphatic rings. The first-order valence-electron chi connectivity index (χ1n) is 5.49. The van der Waals surface area contributed by atoms with E-state index in [9.17, 15) is 12.8 Å². The van der Waals surface area contributed by atoms with Crippen molar-refractivity contribution in [2.45, 2.75) is 18.2 Å². The summed E-state index contributed by atoms with van der Waals surface area (Å²) >= 11 is 3.44. The van der Waals surface area contributed by atoms with E-state index in [1.54, 1.807) is 12.1 Å². The van der Waals surface area contributed by atoms with Crippen LogP contribution >= 0.6 is 15.9 Å². The summed E-state index contributed by atoms with van der Waals surface area (Å²) in [6.45, 7) is 1.90. The Morgan fingerprint density at radius 2 is 2.18 bits per heavy atom. The van der Waals surface area contributed by atoms with Crippen LogP contribution in [0.25, 0.3) is 0 Å². The highest BCUT2D eigenvalue weighted by atomic mass is 79.9. The average molecular weight is 321 g/mol. The molecule has 1 aromatic carbocycles. The van der Waals surface area contributed by atoms with E-state index in [-0.39, 0.29) is 28.1 Å². The van der Waals surface area contributed by atoms with Crippen molar-refractivity contribution in [1.29, 1.82) is 0 Å². The SMILES string of the molecule is Cc1ccc(F)c(C(Br)C2CCS(=O)(=O)C2)c1. The van der Waals surface area contributed by atoms with Crippen LogP contribution in [0.3, 0.4) is 0 Å². The predicted molar refractivity (Wildman–Crippen MR) is 69.6 cm³/mol. The number of alkyl halides is 1. The molecule has 0 amide bonds. The molecule has 1 aromatic rings. The first-order valence-corrected chi connectivity index (χ1v) is 8.23. The van der Waals surface area contributed by atoms with E-state index in [0.29, 0.717) is 12.0 Å². The normalized spacial score (nSPS) is 24.8. The number of aryl methyl sites for hydroxylation is 1. The van der Waals surface area contributed by atoms with Crippen molar-refractivity contribution in [2.24, 2.45) is 5.92 Å². The molecule has 1 saturated heterocycles. The van der Waals surface area contributed by atoms with Gasteiger partial charge in [-0.15, -0.1) is 0 Å². The molecule has 17 heavy (non-hydrogen) atoms. The number of hydrogen-bond donors (Lipinski definition) is 0. The minimum Gasteiger partial charge on any atom is -0.229 e. The molecule has 2 nitrogen and oxygen atoms in total. The molecule has 2 rings (SSSR count). The van der Waals surface area contributed by atoms with E-state index < -0.39 is 9.84 Å². The molecule has 0 saturated carbocycles. The third kappa shape index (κ3) is 2.88. The zero-order valence-corrected chi connectivity index (χ0v) is 11.9. The number of rotatable bonds is 2. The van der Waals surface area contributed by atoms with Crippen molar-refractivity contribution < 1.29 is 12.8 Å². The van der Waals surface area contributed by atoms with Gasteiger partial charge in [-0.2, -0.15) is 0 Å².